The summed E-state index contributed by atoms with van der Waals surface area (Å²) in [6.45, 7) is 1.70. The van der Waals surface area contributed by atoms with Gasteiger partial charge in [0.15, 0.2) is 0 Å². The van der Waals surface area contributed by atoms with Gasteiger partial charge < -0.3 is 10.7 Å². The number of hydrogen-bond donors (Lipinski definition) is 3. The maximum absolute atomic E-state index is 13.3. The van der Waals surface area contributed by atoms with Crippen LogP contribution in [0.4, 0.5) is 15.8 Å². The Labute approximate surface area is 123 Å². The third-order valence-corrected chi connectivity index (χ3v) is 3.34. The number of nitrogens with zero attached hydrogens (tertiary/aromatic N) is 1. The van der Waals surface area contributed by atoms with Crippen LogP contribution in [0, 0.1) is 12.7 Å². The fourth-order valence-corrected chi connectivity index (χ4v) is 2.02. The number of aromatic nitrogens is 1. The Kier molecular flexibility index (Phi) is 4.31. The van der Waals surface area contributed by atoms with Crippen LogP contribution < -0.4 is 16.6 Å². The molecule has 0 aliphatic carbocycles. The van der Waals surface area contributed by atoms with Crippen LogP contribution in [0.5, 0.6) is 0 Å². The van der Waals surface area contributed by atoms with Gasteiger partial charge in [-0.2, -0.15) is 0 Å². The van der Waals surface area contributed by atoms with Gasteiger partial charge >= 0.3 is 0 Å². The van der Waals surface area contributed by atoms with E-state index in [1.165, 1.54) is 24.5 Å². The summed E-state index contributed by atoms with van der Waals surface area (Å²) in [4.78, 5) is 16.1. The van der Waals surface area contributed by atoms with E-state index in [0.717, 1.165) is 0 Å². The maximum Gasteiger partial charge on any atom is 0.259 e. The number of aryl methyl sites for hydroxylation is 1. The van der Waals surface area contributed by atoms with Crippen LogP contribution in [0.15, 0.2) is 35.1 Å². The van der Waals surface area contributed by atoms with Crippen LogP contribution in [-0.4, -0.2) is 10.9 Å². The van der Waals surface area contributed by atoms with E-state index in [-0.39, 0.29) is 16.2 Å². The summed E-state index contributed by atoms with van der Waals surface area (Å²) >= 11 is 3.08. The lowest BCUT2D eigenvalue weighted by atomic mass is 10.1. The SMILES string of the molecule is Cc1cc(F)c(Br)cc1NC(=O)c1cnccc1NN. The Hall–Kier alpha value is -1.99. The zero-order valence-electron chi connectivity index (χ0n) is 10.6. The molecule has 1 aromatic heterocycles. The van der Waals surface area contributed by atoms with E-state index in [1.807, 2.05) is 0 Å². The van der Waals surface area contributed by atoms with Gasteiger partial charge in [0.2, 0.25) is 0 Å². The highest BCUT2D eigenvalue weighted by Gasteiger charge is 2.13. The first kappa shape index (κ1) is 14.4. The Morgan fingerprint density at radius 2 is 2.15 bits per heavy atom. The average molecular weight is 339 g/mol. The van der Waals surface area contributed by atoms with Gasteiger partial charge in [0.1, 0.15) is 5.82 Å². The van der Waals surface area contributed by atoms with Gasteiger partial charge in [-0.15, -0.1) is 0 Å². The Morgan fingerprint density at radius 1 is 1.40 bits per heavy atom. The highest BCUT2D eigenvalue weighted by atomic mass is 79.9. The molecule has 20 heavy (non-hydrogen) atoms. The third kappa shape index (κ3) is 2.94. The molecular weight excluding hydrogens is 327 g/mol. The molecule has 0 unspecified atom stereocenters. The summed E-state index contributed by atoms with van der Waals surface area (Å²) in [7, 11) is 0. The number of carbonyl (C=O) groups excluding carboxylic acids is 1. The molecule has 0 saturated carbocycles. The fourth-order valence-electron chi connectivity index (χ4n) is 1.67. The van der Waals surface area contributed by atoms with Gasteiger partial charge in [0.05, 0.1) is 15.7 Å². The monoisotopic (exact) mass is 338 g/mol. The molecule has 0 aliphatic rings. The maximum atomic E-state index is 13.3. The summed E-state index contributed by atoms with van der Waals surface area (Å²) < 4.78 is 13.6. The number of rotatable bonds is 3. The van der Waals surface area contributed by atoms with E-state index < -0.39 is 0 Å². The van der Waals surface area contributed by atoms with E-state index in [0.29, 0.717) is 22.5 Å². The van der Waals surface area contributed by atoms with Crippen LogP contribution in [-0.2, 0) is 0 Å². The lowest BCUT2D eigenvalue weighted by molar-refractivity contribution is 0.102. The Bertz CT molecular complexity index is 663. The molecule has 5 nitrogen and oxygen atoms in total. The number of hydrogen-bond acceptors (Lipinski definition) is 4. The van der Waals surface area contributed by atoms with E-state index in [1.54, 1.807) is 13.0 Å². The quantitative estimate of drug-likeness (QED) is 0.593. The van der Waals surface area contributed by atoms with Crippen molar-refractivity contribution < 1.29 is 9.18 Å². The minimum Gasteiger partial charge on any atom is -0.323 e. The predicted octanol–water partition coefficient (Wildman–Crippen LogP) is 2.83. The summed E-state index contributed by atoms with van der Waals surface area (Å²) in [6, 6.07) is 4.43. The second-order valence-corrected chi connectivity index (χ2v) is 4.96. The minimum atomic E-state index is -0.383. The zero-order valence-corrected chi connectivity index (χ0v) is 12.2. The number of hydrazine groups is 1. The molecule has 0 spiro atoms. The molecule has 4 N–H and O–H groups in total. The number of amides is 1. The molecule has 2 aromatic rings. The highest BCUT2D eigenvalue weighted by molar-refractivity contribution is 9.10. The largest absolute Gasteiger partial charge is 0.323 e. The molecule has 0 aliphatic heterocycles. The topological polar surface area (TPSA) is 80.0 Å². The van der Waals surface area contributed by atoms with Crippen LogP contribution in [0.1, 0.15) is 15.9 Å². The van der Waals surface area contributed by atoms with E-state index in [2.05, 4.69) is 31.7 Å². The number of pyridine rings is 1. The Morgan fingerprint density at radius 3 is 2.85 bits per heavy atom. The second kappa shape index (κ2) is 5.98. The predicted molar refractivity (Wildman–Crippen MR) is 78.8 cm³/mol. The van der Waals surface area contributed by atoms with Crippen molar-refractivity contribution in [3.8, 4) is 0 Å². The van der Waals surface area contributed by atoms with E-state index in [9.17, 15) is 9.18 Å². The number of nitrogen functional groups attached to an aromatic ring is 1. The van der Waals surface area contributed by atoms with Crippen LogP contribution >= 0.6 is 15.9 Å². The van der Waals surface area contributed by atoms with Crippen LogP contribution in [0.2, 0.25) is 0 Å². The number of nitrogens with one attached hydrogen (secondary N) is 2. The standard InChI is InChI=1S/C13H12BrFN4O/c1-7-4-10(15)9(14)5-12(7)18-13(20)8-6-17-3-2-11(8)19-16/h2-6H,16H2,1H3,(H,17,19)(H,18,20). The highest BCUT2D eigenvalue weighted by Crippen LogP contribution is 2.25. The molecule has 1 amide bonds. The van der Waals surface area contributed by atoms with Crippen LogP contribution in [0.3, 0.4) is 0 Å². The van der Waals surface area contributed by atoms with Crippen molar-refractivity contribution in [1.29, 1.82) is 0 Å². The number of carbonyl (C=O) groups is 1. The smallest absolute Gasteiger partial charge is 0.259 e. The average Bonchev–Trinajstić information content (AvgIpc) is 2.44. The van der Waals surface area contributed by atoms with Gasteiger partial charge in [-0.25, -0.2) is 4.39 Å². The Balaban J connectivity index is 2.30. The van der Waals surface area contributed by atoms with Gasteiger partial charge in [-0.3, -0.25) is 15.6 Å². The third-order valence-electron chi connectivity index (χ3n) is 2.74. The zero-order chi connectivity index (χ0) is 14.7. The van der Waals surface area contributed by atoms with Crippen molar-refractivity contribution >= 4 is 33.2 Å². The molecule has 0 saturated heterocycles. The van der Waals surface area contributed by atoms with Gasteiger partial charge in [0.25, 0.3) is 5.91 Å². The molecule has 1 aromatic carbocycles. The summed E-state index contributed by atoms with van der Waals surface area (Å²) in [5.74, 6) is 4.58. The summed E-state index contributed by atoms with van der Waals surface area (Å²) in [5.41, 5.74) is 4.31. The number of nitrogens with two attached hydrogens (primary N) is 1. The van der Waals surface area contributed by atoms with E-state index >= 15 is 0 Å². The molecule has 0 bridgehead atoms. The number of halogens is 2. The van der Waals surface area contributed by atoms with E-state index in [4.69, 9.17) is 5.84 Å². The molecule has 1 heterocycles. The van der Waals surface area contributed by atoms with Crippen molar-refractivity contribution in [2.75, 3.05) is 10.7 Å². The fraction of sp³-hybridized carbons (Fsp3) is 0.0769. The molecule has 104 valence electrons. The minimum absolute atomic E-state index is 0.279. The lowest BCUT2D eigenvalue weighted by Crippen LogP contribution is -2.18. The summed E-state index contributed by atoms with van der Waals surface area (Å²) in [5, 5.41) is 2.70. The van der Waals surface area contributed by atoms with Crippen molar-refractivity contribution in [3.63, 3.8) is 0 Å². The first-order valence-corrected chi connectivity index (χ1v) is 6.50. The summed E-state index contributed by atoms with van der Waals surface area (Å²) in [6.07, 6.45) is 2.92. The first-order valence-electron chi connectivity index (χ1n) is 5.70. The second-order valence-electron chi connectivity index (χ2n) is 4.10. The van der Waals surface area contributed by atoms with Gasteiger partial charge in [0, 0.05) is 18.1 Å². The van der Waals surface area contributed by atoms with Crippen molar-refractivity contribution in [2.45, 2.75) is 6.92 Å². The van der Waals surface area contributed by atoms with Crippen molar-refractivity contribution in [2.24, 2.45) is 5.84 Å². The molecule has 7 heteroatoms. The van der Waals surface area contributed by atoms with Crippen molar-refractivity contribution in [3.05, 3.63) is 52.0 Å². The van der Waals surface area contributed by atoms with Gasteiger partial charge in [-0.05, 0) is 46.6 Å². The van der Waals surface area contributed by atoms with Crippen LogP contribution in [0.25, 0.3) is 0 Å². The first-order chi connectivity index (χ1) is 9.52. The number of benzene rings is 1. The molecular formula is C13H12BrFN4O. The molecule has 2 rings (SSSR count). The van der Waals surface area contributed by atoms with Gasteiger partial charge in [-0.1, -0.05) is 0 Å². The normalized spacial score (nSPS) is 10.2. The molecule has 0 atom stereocenters. The molecule has 0 fully saturated rings. The lowest BCUT2D eigenvalue weighted by Gasteiger charge is -2.11. The van der Waals surface area contributed by atoms with Crippen molar-refractivity contribution in [1.82, 2.24) is 4.98 Å². The molecule has 0 radical (unpaired) electrons. The number of anilines is 2.